The Labute approximate surface area is 157 Å². The van der Waals surface area contributed by atoms with E-state index in [0.717, 1.165) is 21.9 Å². The molecule has 0 aliphatic heterocycles. The monoisotopic (exact) mass is 351 g/mol. The summed E-state index contributed by atoms with van der Waals surface area (Å²) in [7, 11) is 0. The zero-order valence-electron chi connectivity index (χ0n) is 14.6. The van der Waals surface area contributed by atoms with Crippen molar-refractivity contribution in [3.05, 3.63) is 130 Å². The number of nitro groups is 1. The largest absolute Gasteiger partial charge is 0.284 e. The molecule has 3 nitrogen and oxygen atoms in total. The molecule has 0 amide bonds. The summed E-state index contributed by atoms with van der Waals surface area (Å²) >= 11 is 0. The number of rotatable bonds is 4. The van der Waals surface area contributed by atoms with Gasteiger partial charge in [0.25, 0.3) is 5.70 Å². The summed E-state index contributed by atoms with van der Waals surface area (Å²) in [6.45, 7) is 0. The molecule has 0 atom stereocenters. The topological polar surface area (TPSA) is 43.1 Å². The summed E-state index contributed by atoms with van der Waals surface area (Å²) < 4.78 is 0. The van der Waals surface area contributed by atoms with Crippen LogP contribution in [0.3, 0.4) is 0 Å². The van der Waals surface area contributed by atoms with Crippen LogP contribution in [0.5, 0.6) is 0 Å². The Kier molecular flexibility index (Phi) is 4.50. The van der Waals surface area contributed by atoms with Gasteiger partial charge in [0.1, 0.15) is 0 Å². The molecule has 0 unspecified atom stereocenters. The van der Waals surface area contributed by atoms with Gasteiger partial charge in [-0.3, -0.25) is 10.1 Å². The van der Waals surface area contributed by atoms with Crippen LogP contribution in [-0.4, -0.2) is 4.92 Å². The van der Waals surface area contributed by atoms with Crippen molar-refractivity contribution in [3.63, 3.8) is 0 Å². The van der Waals surface area contributed by atoms with Crippen molar-refractivity contribution < 1.29 is 4.92 Å². The Bertz CT molecular complexity index is 1130. The van der Waals surface area contributed by atoms with E-state index in [4.69, 9.17) is 0 Å². The molecule has 130 valence electrons. The SMILES string of the molecule is O=[N+]([O-])/C(=C(\c1ccccc1)c1cccc2ccccc12)c1ccccc1. The van der Waals surface area contributed by atoms with Crippen molar-refractivity contribution in [2.45, 2.75) is 0 Å². The summed E-state index contributed by atoms with van der Waals surface area (Å²) in [5.41, 5.74) is 3.01. The van der Waals surface area contributed by atoms with Gasteiger partial charge in [0.15, 0.2) is 0 Å². The van der Waals surface area contributed by atoms with Crippen LogP contribution in [0.2, 0.25) is 0 Å². The fourth-order valence-electron chi connectivity index (χ4n) is 3.41. The van der Waals surface area contributed by atoms with E-state index >= 15 is 0 Å². The van der Waals surface area contributed by atoms with Gasteiger partial charge in [-0.1, -0.05) is 91.0 Å². The molecule has 27 heavy (non-hydrogen) atoms. The second kappa shape index (κ2) is 7.26. The second-order valence-electron chi connectivity index (χ2n) is 6.24. The van der Waals surface area contributed by atoms with Gasteiger partial charge in [-0.25, -0.2) is 0 Å². The molecule has 0 N–H and O–H groups in total. The third-order valence-corrected chi connectivity index (χ3v) is 4.59. The Morgan fingerprint density at radius 2 is 1.19 bits per heavy atom. The van der Waals surface area contributed by atoms with Crippen LogP contribution in [-0.2, 0) is 0 Å². The summed E-state index contributed by atoms with van der Waals surface area (Å²) in [6, 6.07) is 32.5. The molecular formula is C24H17NO2. The molecule has 0 saturated heterocycles. The van der Waals surface area contributed by atoms with Gasteiger partial charge >= 0.3 is 0 Å². The van der Waals surface area contributed by atoms with Crippen molar-refractivity contribution in [2.24, 2.45) is 0 Å². The fourth-order valence-corrected chi connectivity index (χ4v) is 3.41. The van der Waals surface area contributed by atoms with Gasteiger partial charge < -0.3 is 0 Å². The molecule has 4 rings (SSSR count). The molecule has 0 aromatic heterocycles. The van der Waals surface area contributed by atoms with Gasteiger partial charge in [0.2, 0.25) is 0 Å². The molecular weight excluding hydrogens is 334 g/mol. The van der Waals surface area contributed by atoms with Crippen LogP contribution in [0.4, 0.5) is 0 Å². The van der Waals surface area contributed by atoms with E-state index in [1.807, 2.05) is 91.0 Å². The lowest BCUT2D eigenvalue weighted by Gasteiger charge is -2.13. The van der Waals surface area contributed by atoms with Gasteiger partial charge in [-0.15, -0.1) is 0 Å². The fraction of sp³-hybridized carbons (Fsp3) is 0. The zero-order valence-corrected chi connectivity index (χ0v) is 14.6. The van der Waals surface area contributed by atoms with E-state index in [2.05, 4.69) is 0 Å². The summed E-state index contributed by atoms with van der Waals surface area (Å²) in [5.74, 6) is 0. The van der Waals surface area contributed by atoms with E-state index in [0.29, 0.717) is 11.1 Å². The highest BCUT2D eigenvalue weighted by Crippen LogP contribution is 2.36. The number of fused-ring (bicyclic) bond motifs is 1. The predicted octanol–water partition coefficient (Wildman–Crippen LogP) is 6.03. The van der Waals surface area contributed by atoms with Crippen molar-refractivity contribution >= 4 is 22.0 Å². The first-order chi connectivity index (χ1) is 13.3. The van der Waals surface area contributed by atoms with Crippen molar-refractivity contribution in [2.75, 3.05) is 0 Å². The highest BCUT2D eigenvalue weighted by Gasteiger charge is 2.24. The lowest BCUT2D eigenvalue weighted by molar-refractivity contribution is -0.374. The second-order valence-corrected chi connectivity index (χ2v) is 6.24. The maximum absolute atomic E-state index is 12.2. The molecule has 0 saturated carbocycles. The van der Waals surface area contributed by atoms with E-state index < -0.39 is 0 Å². The first kappa shape index (κ1) is 16.7. The smallest absolute Gasteiger partial charge is 0.258 e. The average molecular weight is 351 g/mol. The molecule has 3 heteroatoms. The standard InChI is InChI=1S/C24H17NO2/c26-25(27)24(20-13-5-2-6-14-20)23(19-11-3-1-4-12-19)22-17-9-15-18-10-7-8-16-21(18)22/h1-17H/b24-23+. The number of benzene rings is 4. The van der Waals surface area contributed by atoms with Gasteiger partial charge in [-0.2, -0.15) is 0 Å². The van der Waals surface area contributed by atoms with Crippen LogP contribution in [0.15, 0.2) is 103 Å². The van der Waals surface area contributed by atoms with Gasteiger partial charge in [0.05, 0.1) is 16.1 Å². The van der Waals surface area contributed by atoms with Crippen LogP contribution < -0.4 is 0 Å². The van der Waals surface area contributed by atoms with E-state index in [9.17, 15) is 10.1 Å². The third-order valence-electron chi connectivity index (χ3n) is 4.59. The van der Waals surface area contributed by atoms with Crippen molar-refractivity contribution in [1.82, 2.24) is 0 Å². The number of hydrogen-bond acceptors (Lipinski definition) is 2. The minimum absolute atomic E-state index is 0.109. The molecule has 0 bridgehead atoms. The zero-order chi connectivity index (χ0) is 18.6. The van der Waals surface area contributed by atoms with Gasteiger partial charge in [-0.05, 0) is 34.0 Å². The Hall–Kier alpha value is -3.72. The third kappa shape index (κ3) is 3.23. The quantitative estimate of drug-likeness (QED) is 0.256. The van der Waals surface area contributed by atoms with E-state index in [1.165, 1.54) is 0 Å². The maximum atomic E-state index is 12.2. The lowest BCUT2D eigenvalue weighted by Crippen LogP contribution is -2.04. The molecule has 0 fully saturated rings. The Morgan fingerprint density at radius 3 is 1.85 bits per heavy atom. The summed E-state index contributed by atoms with van der Waals surface area (Å²) in [5, 5.41) is 14.2. The summed E-state index contributed by atoms with van der Waals surface area (Å²) in [4.78, 5) is 11.9. The van der Waals surface area contributed by atoms with Crippen LogP contribution in [0.25, 0.3) is 22.0 Å². The molecule has 0 radical (unpaired) electrons. The predicted molar refractivity (Wildman–Crippen MR) is 110 cm³/mol. The van der Waals surface area contributed by atoms with Crippen molar-refractivity contribution in [3.8, 4) is 0 Å². The molecule has 0 aliphatic rings. The Balaban J connectivity index is 2.13. The Morgan fingerprint density at radius 1 is 0.630 bits per heavy atom. The van der Waals surface area contributed by atoms with Gasteiger partial charge in [0, 0.05) is 0 Å². The normalized spacial score (nSPS) is 11.9. The van der Waals surface area contributed by atoms with E-state index in [1.54, 1.807) is 12.1 Å². The molecule has 0 heterocycles. The minimum Gasteiger partial charge on any atom is -0.258 e. The average Bonchev–Trinajstić information content (AvgIpc) is 2.72. The highest BCUT2D eigenvalue weighted by molar-refractivity contribution is 6.04. The molecule has 0 aliphatic carbocycles. The van der Waals surface area contributed by atoms with Crippen LogP contribution >= 0.6 is 0 Å². The number of hydrogen-bond donors (Lipinski definition) is 0. The molecule has 4 aromatic rings. The molecule has 4 aromatic carbocycles. The summed E-state index contributed by atoms with van der Waals surface area (Å²) in [6.07, 6.45) is 0. The lowest BCUT2D eigenvalue weighted by atomic mass is 9.90. The maximum Gasteiger partial charge on any atom is 0.284 e. The van der Waals surface area contributed by atoms with E-state index in [-0.39, 0.29) is 10.6 Å². The first-order valence-electron chi connectivity index (χ1n) is 8.73. The van der Waals surface area contributed by atoms with Crippen molar-refractivity contribution in [1.29, 1.82) is 0 Å². The number of nitrogens with zero attached hydrogens (tertiary/aromatic N) is 1. The van der Waals surface area contributed by atoms with Crippen LogP contribution in [0.1, 0.15) is 16.7 Å². The molecule has 0 spiro atoms. The van der Waals surface area contributed by atoms with Crippen LogP contribution in [0, 0.1) is 10.1 Å². The first-order valence-corrected chi connectivity index (χ1v) is 8.73. The minimum atomic E-state index is -0.278. The highest BCUT2D eigenvalue weighted by atomic mass is 16.6.